The first-order valence-corrected chi connectivity index (χ1v) is 8.60. The van der Waals surface area contributed by atoms with Gasteiger partial charge in [-0.05, 0) is 25.7 Å². The Morgan fingerprint density at radius 2 is 1.55 bits per heavy atom. The number of hydrogen-bond donors (Lipinski definition) is 1. The number of nitrogens with zero attached hydrogens (tertiary/aromatic N) is 2. The van der Waals surface area contributed by atoms with Crippen LogP contribution < -0.4 is 0 Å². The Labute approximate surface area is 125 Å². The summed E-state index contributed by atoms with van der Waals surface area (Å²) in [5.74, 6) is 0. The molecule has 0 spiro atoms. The van der Waals surface area contributed by atoms with E-state index < -0.39 is 0 Å². The lowest BCUT2D eigenvalue weighted by atomic mass is 10.1. The van der Waals surface area contributed by atoms with Crippen molar-refractivity contribution in [1.29, 1.82) is 0 Å². The lowest BCUT2D eigenvalue weighted by Gasteiger charge is -2.08. The molecular weight excluding hydrogens is 268 g/mol. The first-order valence-electron chi connectivity index (χ1n) is 7.72. The van der Waals surface area contributed by atoms with Crippen LogP contribution in [0.1, 0.15) is 63.8 Å². The van der Waals surface area contributed by atoms with Crippen LogP contribution in [0.15, 0.2) is 5.38 Å². The van der Waals surface area contributed by atoms with Crippen LogP contribution >= 0.6 is 11.3 Å². The molecule has 0 saturated heterocycles. The molecule has 0 fully saturated rings. The van der Waals surface area contributed by atoms with E-state index in [1.54, 1.807) is 0 Å². The molecule has 0 atom stereocenters. The Balaban J connectivity index is 2.22. The third kappa shape index (κ3) is 3.69. The molecule has 2 aromatic rings. The zero-order chi connectivity index (χ0) is 14.4. The second-order valence-corrected chi connectivity index (χ2v) is 6.16. The second kappa shape index (κ2) is 7.58. The van der Waals surface area contributed by atoms with Crippen LogP contribution in [0.5, 0.6) is 5.06 Å². The minimum absolute atomic E-state index is 0.296. The fraction of sp³-hybridized carbons (Fsp3) is 0.625. The van der Waals surface area contributed by atoms with Gasteiger partial charge in [0.15, 0.2) is 5.06 Å². The van der Waals surface area contributed by atoms with Gasteiger partial charge in [-0.25, -0.2) is 9.97 Å². The summed E-state index contributed by atoms with van der Waals surface area (Å²) < 4.78 is 0. The van der Waals surface area contributed by atoms with Gasteiger partial charge in [0.05, 0.1) is 11.4 Å². The van der Waals surface area contributed by atoms with Gasteiger partial charge in [0.1, 0.15) is 11.0 Å². The monoisotopic (exact) mass is 292 g/mol. The normalized spacial score (nSPS) is 11.3. The number of aromatic hydroxyl groups is 1. The average molecular weight is 292 g/mol. The predicted molar refractivity (Wildman–Crippen MR) is 85.5 cm³/mol. The van der Waals surface area contributed by atoms with E-state index in [4.69, 9.17) is 4.98 Å². The largest absolute Gasteiger partial charge is 0.498 e. The highest BCUT2D eigenvalue weighted by Crippen LogP contribution is 2.30. The Bertz CT molecular complexity index is 551. The molecule has 0 aliphatic heterocycles. The summed E-state index contributed by atoms with van der Waals surface area (Å²) in [6.07, 6.45) is 9.22. The van der Waals surface area contributed by atoms with E-state index >= 15 is 0 Å². The molecule has 0 radical (unpaired) electrons. The fourth-order valence-electron chi connectivity index (χ4n) is 2.41. The summed E-state index contributed by atoms with van der Waals surface area (Å²) >= 11 is 1.32. The van der Waals surface area contributed by atoms with E-state index in [0.717, 1.165) is 36.2 Å². The third-order valence-corrected chi connectivity index (χ3v) is 4.35. The Morgan fingerprint density at radius 3 is 2.15 bits per heavy atom. The number of rotatable bonds is 8. The number of aromatic nitrogens is 2. The SMILES string of the molecule is CCCCCc1nc2csc(O)c2nc1CCCCC. The molecule has 4 heteroatoms. The standard InChI is InChI=1S/C16H24N2OS/c1-3-5-7-9-12-13(10-8-6-4-2)18-15-14(17-12)11-20-16(15)19/h11,19H,3-10H2,1-2H3. The molecule has 110 valence electrons. The molecular formula is C16H24N2OS. The van der Waals surface area contributed by atoms with Crippen LogP contribution in [0.25, 0.3) is 11.0 Å². The molecule has 0 amide bonds. The highest BCUT2D eigenvalue weighted by molar-refractivity contribution is 7.13. The highest BCUT2D eigenvalue weighted by atomic mass is 32.1. The molecule has 0 saturated carbocycles. The van der Waals surface area contributed by atoms with Crippen molar-refractivity contribution in [2.75, 3.05) is 0 Å². The molecule has 0 aliphatic carbocycles. The quantitative estimate of drug-likeness (QED) is 0.706. The van der Waals surface area contributed by atoms with Crippen LogP contribution in [0.2, 0.25) is 0 Å². The van der Waals surface area contributed by atoms with Crippen LogP contribution in [-0.4, -0.2) is 15.1 Å². The highest BCUT2D eigenvalue weighted by Gasteiger charge is 2.12. The number of thiophene rings is 1. The third-order valence-electron chi connectivity index (χ3n) is 3.60. The van der Waals surface area contributed by atoms with Crippen molar-refractivity contribution in [3.05, 3.63) is 16.8 Å². The Hall–Kier alpha value is -1.16. The van der Waals surface area contributed by atoms with Gasteiger partial charge < -0.3 is 5.11 Å². The molecule has 0 bridgehead atoms. The zero-order valence-corrected chi connectivity index (χ0v) is 13.3. The van der Waals surface area contributed by atoms with Crippen molar-refractivity contribution in [2.45, 2.75) is 65.2 Å². The summed E-state index contributed by atoms with van der Waals surface area (Å²) in [6, 6.07) is 0. The van der Waals surface area contributed by atoms with Crippen molar-refractivity contribution < 1.29 is 5.11 Å². The summed E-state index contributed by atoms with van der Waals surface area (Å²) in [5, 5.41) is 12.0. The van der Waals surface area contributed by atoms with Gasteiger partial charge in [-0.15, -0.1) is 11.3 Å². The predicted octanol–water partition coefficient (Wildman–Crippen LogP) is 4.86. The number of hydrogen-bond acceptors (Lipinski definition) is 4. The summed E-state index contributed by atoms with van der Waals surface area (Å²) in [7, 11) is 0. The summed E-state index contributed by atoms with van der Waals surface area (Å²) in [5.41, 5.74) is 3.76. The van der Waals surface area contributed by atoms with Gasteiger partial charge >= 0.3 is 0 Å². The lowest BCUT2D eigenvalue weighted by molar-refractivity contribution is 0.495. The van der Waals surface area contributed by atoms with Gasteiger partial charge in [-0.2, -0.15) is 0 Å². The number of unbranched alkanes of at least 4 members (excludes halogenated alkanes) is 4. The second-order valence-electron chi connectivity index (χ2n) is 5.31. The lowest BCUT2D eigenvalue weighted by Crippen LogP contribution is -2.02. The summed E-state index contributed by atoms with van der Waals surface area (Å²) in [6.45, 7) is 4.43. The average Bonchev–Trinajstić information content (AvgIpc) is 2.80. The molecule has 2 heterocycles. The molecule has 0 aliphatic rings. The fourth-order valence-corrected chi connectivity index (χ4v) is 3.06. The van der Waals surface area contributed by atoms with E-state index in [2.05, 4.69) is 18.8 Å². The van der Waals surface area contributed by atoms with Crippen molar-refractivity contribution in [1.82, 2.24) is 9.97 Å². The maximum atomic E-state index is 9.83. The minimum atomic E-state index is 0.296. The smallest absolute Gasteiger partial charge is 0.199 e. The molecule has 20 heavy (non-hydrogen) atoms. The zero-order valence-electron chi connectivity index (χ0n) is 12.5. The van der Waals surface area contributed by atoms with E-state index in [9.17, 15) is 5.11 Å². The van der Waals surface area contributed by atoms with E-state index in [1.807, 2.05) is 5.38 Å². The Kier molecular flexibility index (Phi) is 5.77. The van der Waals surface area contributed by atoms with Crippen LogP contribution in [0, 0.1) is 0 Å². The van der Waals surface area contributed by atoms with E-state index in [1.165, 1.54) is 43.4 Å². The molecule has 0 unspecified atom stereocenters. The van der Waals surface area contributed by atoms with Crippen LogP contribution in [0.3, 0.4) is 0 Å². The Morgan fingerprint density at radius 1 is 0.950 bits per heavy atom. The van der Waals surface area contributed by atoms with Crippen LogP contribution in [0.4, 0.5) is 0 Å². The summed E-state index contributed by atoms with van der Waals surface area (Å²) in [4.78, 5) is 9.42. The van der Waals surface area contributed by atoms with Crippen molar-refractivity contribution in [3.63, 3.8) is 0 Å². The molecule has 2 aromatic heterocycles. The molecule has 2 rings (SSSR count). The maximum absolute atomic E-state index is 9.83. The van der Waals surface area contributed by atoms with E-state index in [0.29, 0.717) is 10.6 Å². The molecule has 1 N–H and O–H groups in total. The number of aryl methyl sites for hydroxylation is 2. The number of fused-ring (bicyclic) bond motifs is 1. The minimum Gasteiger partial charge on any atom is -0.498 e. The van der Waals surface area contributed by atoms with Gasteiger partial charge in [0, 0.05) is 5.38 Å². The van der Waals surface area contributed by atoms with Crippen molar-refractivity contribution in [3.8, 4) is 5.06 Å². The first-order chi connectivity index (χ1) is 9.76. The van der Waals surface area contributed by atoms with Gasteiger partial charge in [-0.3, -0.25) is 0 Å². The molecule has 0 aromatic carbocycles. The van der Waals surface area contributed by atoms with Gasteiger partial charge in [-0.1, -0.05) is 39.5 Å². The first kappa shape index (κ1) is 15.2. The van der Waals surface area contributed by atoms with Gasteiger partial charge in [0.2, 0.25) is 0 Å². The topological polar surface area (TPSA) is 46.0 Å². The van der Waals surface area contributed by atoms with Crippen molar-refractivity contribution in [2.24, 2.45) is 0 Å². The van der Waals surface area contributed by atoms with Crippen LogP contribution in [-0.2, 0) is 12.8 Å². The maximum Gasteiger partial charge on any atom is 0.199 e. The van der Waals surface area contributed by atoms with E-state index in [-0.39, 0.29) is 0 Å². The molecule has 3 nitrogen and oxygen atoms in total. The van der Waals surface area contributed by atoms with Gasteiger partial charge in [0.25, 0.3) is 0 Å². The van der Waals surface area contributed by atoms with Crippen molar-refractivity contribution >= 4 is 22.4 Å².